The summed E-state index contributed by atoms with van der Waals surface area (Å²) in [5.41, 5.74) is 2.15. The van der Waals surface area contributed by atoms with Gasteiger partial charge in [-0.05, 0) is 50.0 Å². The smallest absolute Gasteiger partial charge is 0.411 e. The Morgan fingerprint density at radius 1 is 1.16 bits per heavy atom. The van der Waals surface area contributed by atoms with E-state index in [0.717, 1.165) is 11.4 Å². The van der Waals surface area contributed by atoms with Crippen LogP contribution in [-0.4, -0.2) is 42.2 Å². The van der Waals surface area contributed by atoms with Crippen molar-refractivity contribution < 1.29 is 9.53 Å². The van der Waals surface area contributed by atoms with Gasteiger partial charge in [0.25, 0.3) is 0 Å². The molecule has 7 heteroatoms. The van der Waals surface area contributed by atoms with E-state index in [9.17, 15) is 4.79 Å². The number of anilines is 3. The molecule has 1 amide bonds. The summed E-state index contributed by atoms with van der Waals surface area (Å²) in [5.74, 6) is 1.42. The molecule has 0 aliphatic heterocycles. The molecular formula is C18H24ClN3O2S. The molecule has 136 valence electrons. The fraction of sp³-hybridized carbons (Fsp3) is 0.333. The lowest BCUT2D eigenvalue weighted by Crippen LogP contribution is -2.18. The van der Waals surface area contributed by atoms with Gasteiger partial charge >= 0.3 is 6.09 Å². The molecule has 1 heterocycles. The van der Waals surface area contributed by atoms with E-state index in [-0.39, 0.29) is 0 Å². The van der Waals surface area contributed by atoms with Gasteiger partial charge in [0.2, 0.25) is 0 Å². The highest BCUT2D eigenvalue weighted by molar-refractivity contribution is 8.32. The Morgan fingerprint density at radius 3 is 2.52 bits per heavy atom. The van der Waals surface area contributed by atoms with E-state index in [4.69, 9.17) is 16.3 Å². The minimum absolute atomic E-state index is 0.408. The lowest BCUT2D eigenvalue weighted by Gasteiger charge is -2.24. The molecule has 1 aromatic heterocycles. The standard InChI is InChI=1S/C18H24ClN3O2S/c1-13-9-10-14(19)17(20-13)21-15-7-5-6-8-16(15)22-18(23)24-11-12-25(2,3)4/h5-10H,11-12H2,1-4H3,(H,20,21)(H,22,23). The molecule has 0 aliphatic rings. The molecule has 1 aromatic carbocycles. The average molecular weight is 382 g/mol. The van der Waals surface area contributed by atoms with Crippen LogP contribution >= 0.6 is 21.6 Å². The van der Waals surface area contributed by atoms with E-state index in [1.807, 2.05) is 31.2 Å². The number of para-hydroxylation sites is 2. The fourth-order valence-electron chi connectivity index (χ4n) is 1.99. The Balaban J connectivity index is 2.05. The van der Waals surface area contributed by atoms with Crippen molar-refractivity contribution in [1.29, 1.82) is 0 Å². The Hall–Kier alpha value is -1.92. The number of hydrogen-bond acceptors (Lipinski definition) is 4. The highest BCUT2D eigenvalue weighted by atomic mass is 35.5. The Morgan fingerprint density at radius 2 is 1.84 bits per heavy atom. The first-order valence-electron chi connectivity index (χ1n) is 7.83. The number of nitrogens with one attached hydrogen (secondary N) is 2. The third-order valence-electron chi connectivity index (χ3n) is 3.33. The zero-order valence-corrected chi connectivity index (χ0v) is 16.5. The van der Waals surface area contributed by atoms with Crippen LogP contribution < -0.4 is 10.6 Å². The molecular weight excluding hydrogens is 358 g/mol. The molecule has 2 aromatic rings. The summed E-state index contributed by atoms with van der Waals surface area (Å²) in [4.78, 5) is 16.4. The van der Waals surface area contributed by atoms with E-state index >= 15 is 0 Å². The number of hydrogen-bond donors (Lipinski definition) is 2. The number of rotatable bonds is 6. The number of aromatic nitrogens is 1. The van der Waals surface area contributed by atoms with Crippen LogP contribution in [0.4, 0.5) is 22.0 Å². The van der Waals surface area contributed by atoms with Gasteiger partial charge < -0.3 is 10.1 Å². The maximum absolute atomic E-state index is 12.0. The van der Waals surface area contributed by atoms with Crippen LogP contribution in [0.5, 0.6) is 0 Å². The molecule has 0 saturated carbocycles. The van der Waals surface area contributed by atoms with Crippen molar-refractivity contribution in [3.63, 3.8) is 0 Å². The highest BCUT2D eigenvalue weighted by Crippen LogP contribution is 2.33. The SMILES string of the molecule is Cc1ccc(Cl)c(Nc2ccccc2NC(=O)OCCS(C)(C)C)n1. The monoisotopic (exact) mass is 381 g/mol. The topological polar surface area (TPSA) is 63.2 Å². The summed E-state index contributed by atoms with van der Waals surface area (Å²) in [6.45, 7) is 2.30. The van der Waals surface area contributed by atoms with E-state index in [0.29, 0.717) is 28.8 Å². The van der Waals surface area contributed by atoms with Crippen molar-refractivity contribution >= 4 is 44.9 Å². The number of nitrogens with zero attached hydrogens (tertiary/aromatic N) is 1. The van der Waals surface area contributed by atoms with E-state index in [2.05, 4.69) is 34.4 Å². The van der Waals surface area contributed by atoms with Crippen LogP contribution in [0, 0.1) is 6.92 Å². The molecule has 2 rings (SSSR count). The van der Waals surface area contributed by atoms with Gasteiger partial charge in [-0.2, -0.15) is 0 Å². The summed E-state index contributed by atoms with van der Waals surface area (Å²) >= 11 is 6.18. The summed E-state index contributed by atoms with van der Waals surface area (Å²) < 4.78 is 5.27. The van der Waals surface area contributed by atoms with Crippen molar-refractivity contribution in [3.05, 3.63) is 47.1 Å². The first-order valence-corrected chi connectivity index (χ1v) is 11.2. The number of aryl methyl sites for hydroxylation is 1. The second kappa shape index (κ2) is 8.45. The molecule has 0 spiro atoms. The van der Waals surface area contributed by atoms with Crippen molar-refractivity contribution in [2.75, 3.05) is 41.8 Å². The number of carbonyl (C=O) groups excluding carboxylic acids is 1. The van der Waals surface area contributed by atoms with Gasteiger partial charge in [-0.25, -0.2) is 19.8 Å². The van der Waals surface area contributed by atoms with Gasteiger partial charge in [0, 0.05) is 11.4 Å². The predicted molar refractivity (Wildman–Crippen MR) is 109 cm³/mol. The summed E-state index contributed by atoms with van der Waals surface area (Å²) in [6.07, 6.45) is 6.09. The minimum Gasteiger partial charge on any atom is -0.448 e. The minimum atomic E-state index is -0.691. The Labute approximate surface area is 155 Å². The van der Waals surface area contributed by atoms with Crippen LogP contribution in [0.25, 0.3) is 0 Å². The number of benzene rings is 1. The third kappa shape index (κ3) is 6.48. The highest BCUT2D eigenvalue weighted by Gasteiger charge is 2.11. The van der Waals surface area contributed by atoms with Crippen molar-refractivity contribution in [1.82, 2.24) is 4.98 Å². The van der Waals surface area contributed by atoms with E-state index < -0.39 is 16.1 Å². The van der Waals surface area contributed by atoms with Crippen molar-refractivity contribution in [3.8, 4) is 0 Å². The molecule has 0 saturated heterocycles. The molecule has 2 N–H and O–H groups in total. The van der Waals surface area contributed by atoms with Gasteiger partial charge in [-0.3, -0.25) is 5.32 Å². The van der Waals surface area contributed by atoms with E-state index in [1.165, 1.54) is 0 Å². The van der Waals surface area contributed by atoms with Gasteiger partial charge in [-0.1, -0.05) is 23.7 Å². The van der Waals surface area contributed by atoms with Crippen LogP contribution in [0.3, 0.4) is 0 Å². The molecule has 5 nitrogen and oxygen atoms in total. The number of amides is 1. The molecule has 0 unspecified atom stereocenters. The van der Waals surface area contributed by atoms with Crippen LogP contribution in [0.15, 0.2) is 36.4 Å². The van der Waals surface area contributed by atoms with E-state index in [1.54, 1.807) is 12.1 Å². The molecule has 0 bridgehead atoms. The normalized spacial score (nSPS) is 11.7. The van der Waals surface area contributed by atoms with Crippen molar-refractivity contribution in [2.24, 2.45) is 0 Å². The maximum Gasteiger partial charge on any atom is 0.411 e. The van der Waals surface area contributed by atoms with Crippen LogP contribution in [-0.2, 0) is 4.74 Å². The average Bonchev–Trinajstić information content (AvgIpc) is 2.51. The fourth-order valence-corrected chi connectivity index (χ4v) is 2.72. The van der Waals surface area contributed by atoms with Crippen LogP contribution in [0.1, 0.15) is 5.69 Å². The number of pyridine rings is 1. The molecule has 25 heavy (non-hydrogen) atoms. The molecule has 0 radical (unpaired) electrons. The second-order valence-electron chi connectivity index (χ2n) is 6.51. The Bertz CT molecular complexity index is 747. The molecule has 0 atom stereocenters. The zero-order chi connectivity index (χ0) is 18.4. The number of carbonyl (C=O) groups is 1. The van der Waals surface area contributed by atoms with Gasteiger partial charge in [0.15, 0.2) is 0 Å². The summed E-state index contributed by atoms with van der Waals surface area (Å²) in [5, 5.41) is 6.43. The van der Waals surface area contributed by atoms with Crippen LogP contribution in [0.2, 0.25) is 5.02 Å². The van der Waals surface area contributed by atoms with Gasteiger partial charge in [0.05, 0.1) is 16.4 Å². The third-order valence-corrected chi connectivity index (χ3v) is 5.03. The van der Waals surface area contributed by atoms with Crippen molar-refractivity contribution in [2.45, 2.75) is 6.92 Å². The predicted octanol–water partition coefficient (Wildman–Crippen LogP) is 5.03. The molecule has 0 fully saturated rings. The lowest BCUT2D eigenvalue weighted by molar-refractivity contribution is 0.169. The number of ether oxygens (including phenoxy) is 1. The lowest BCUT2D eigenvalue weighted by atomic mass is 10.2. The maximum atomic E-state index is 12.0. The zero-order valence-electron chi connectivity index (χ0n) is 14.9. The summed E-state index contributed by atoms with van der Waals surface area (Å²) in [6, 6.07) is 11.0. The Kier molecular flexibility index (Phi) is 6.56. The first kappa shape index (κ1) is 19.4. The second-order valence-corrected chi connectivity index (χ2v) is 11.5. The van der Waals surface area contributed by atoms with Gasteiger partial charge in [-0.15, -0.1) is 0 Å². The van der Waals surface area contributed by atoms with Gasteiger partial charge in [0.1, 0.15) is 12.4 Å². The molecule has 0 aliphatic carbocycles. The largest absolute Gasteiger partial charge is 0.448 e. The first-order chi connectivity index (χ1) is 11.7. The summed E-state index contributed by atoms with van der Waals surface area (Å²) in [7, 11) is -0.691. The quantitative estimate of drug-likeness (QED) is 0.736. The number of halogens is 1.